The molecule has 84 valence electrons. The third kappa shape index (κ3) is 2.76. The Morgan fingerprint density at radius 2 is 2.31 bits per heavy atom. The summed E-state index contributed by atoms with van der Waals surface area (Å²) in [6.45, 7) is 3.23. The first kappa shape index (κ1) is 11.5. The van der Waals surface area contributed by atoms with E-state index in [2.05, 4.69) is 34.2 Å². The molecule has 1 aliphatic carbocycles. The maximum atomic E-state index is 9.02. The largest absolute Gasteiger partial charge is 0.384 e. The normalized spacial score (nSPS) is 16.6. The molecule has 0 aliphatic heterocycles. The quantitative estimate of drug-likeness (QED) is 0.910. The third-order valence-corrected chi connectivity index (χ3v) is 3.64. The summed E-state index contributed by atoms with van der Waals surface area (Å²) in [6, 6.07) is 7.99. The standard InChI is InChI=1S/C13H15BrN2/c1-9(10-2-3-10)8-16-13-5-4-12(14)6-11(13)7-15/h4-6,9-10,16H,2-3,8H2,1H3. The summed E-state index contributed by atoms with van der Waals surface area (Å²) in [4.78, 5) is 0. The number of rotatable bonds is 4. The lowest BCUT2D eigenvalue weighted by atomic mass is 10.1. The average molecular weight is 279 g/mol. The molecule has 0 radical (unpaired) electrons. The van der Waals surface area contributed by atoms with Crippen LogP contribution in [0.15, 0.2) is 22.7 Å². The number of hydrogen-bond acceptors (Lipinski definition) is 2. The number of nitrogens with zero attached hydrogens (tertiary/aromatic N) is 1. The van der Waals surface area contributed by atoms with Gasteiger partial charge in [-0.2, -0.15) is 5.26 Å². The lowest BCUT2D eigenvalue weighted by Crippen LogP contribution is -2.13. The maximum Gasteiger partial charge on any atom is 0.101 e. The minimum Gasteiger partial charge on any atom is -0.384 e. The number of hydrogen-bond donors (Lipinski definition) is 1. The Morgan fingerprint density at radius 1 is 1.56 bits per heavy atom. The smallest absolute Gasteiger partial charge is 0.101 e. The van der Waals surface area contributed by atoms with Gasteiger partial charge in [0, 0.05) is 11.0 Å². The van der Waals surface area contributed by atoms with Crippen LogP contribution in [-0.4, -0.2) is 6.54 Å². The first-order valence-electron chi connectivity index (χ1n) is 5.64. The van der Waals surface area contributed by atoms with Crippen molar-refractivity contribution >= 4 is 21.6 Å². The van der Waals surface area contributed by atoms with Gasteiger partial charge in [0.1, 0.15) is 6.07 Å². The molecule has 0 saturated heterocycles. The van der Waals surface area contributed by atoms with Crippen molar-refractivity contribution in [2.75, 3.05) is 11.9 Å². The Balaban J connectivity index is 2.00. The molecule has 1 aromatic carbocycles. The summed E-state index contributed by atoms with van der Waals surface area (Å²) in [7, 11) is 0. The van der Waals surface area contributed by atoms with E-state index in [0.717, 1.165) is 22.6 Å². The Labute approximate surface area is 105 Å². The second-order valence-corrected chi connectivity index (χ2v) is 5.41. The molecule has 0 heterocycles. The van der Waals surface area contributed by atoms with Crippen LogP contribution < -0.4 is 5.32 Å². The van der Waals surface area contributed by atoms with Gasteiger partial charge >= 0.3 is 0 Å². The van der Waals surface area contributed by atoms with Crippen molar-refractivity contribution in [3.05, 3.63) is 28.2 Å². The van der Waals surface area contributed by atoms with Crippen molar-refractivity contribution in [3.8, 4) is 6.07 Å². The van der Waals surface area contributed by atoms with Crippen LogP contribution in [0.3, 0.4) is 0 Å². The molecule has 2 rings (SSSR count). The Morgan fingerprint density at radius 3 is 2.94 bits per heavy atom. The van der Waals surface area contributed by atoms with E-state index in [1.165, 1.54) is 12.8 Å². The van der Waals surface area contributed by atoms with Gasteiger partial charge in [0.15, 0.2) is 0 Å². The summed E-state index contributed by atoms with van der Waals surface area (Å²) >= 11 is 3.37. The summed E-state index contributed by atoms with van der Waals surface area (Å²) in [5, 5.41) is 12.4. The topological polar surface area (TPSA) is 35.8 Å². The predicted molar refractivity (Wildman–Crippen MR) is 69.2 cm³/mol. The first-order chi connectivity index (χ1) is 7.70. The molecule has 1 aliphatic rings. The van der Waals surface area contributed by atoms with Gasteiger partial charge in [-0.1, -0.05) is 22.9 Å². The summed E-state index contributed by atoms with van der Waals surface area (Å²) in [6.07, 6.45) is 2.74. The fourth-order valence-corrected chi connectivity index (χ4v) is 2.23. The van der Waals surface area contributed by atoms with E-state index in [-0.39, 0.29) is 0 Å². The van der Waals surface area contributed by atoms with Crippen molar-refractivity contribution in [2.24, 2.45) is 11.8 Å². The molecule has 2 nitrogen and oxygen atoms in total. The second kappa shape index (κ2) is 4.88. The molecular weight excluding hydrogens is 264 g/mol. The molecule has 3 heteroatoms. The predicted octanol–water partition coefficient (Wildman–Crippen LogP) is 3.78. The Bertz CT molecular complexity index is 418. The molecular formula is C13H15BrN2. The maximum absolute atomic E-state index is 9.02. The van der Waals surface area contributed by atoms with Gasteiger partial charge in [-0.15, -0.1) is 0 Å². The minimum absolute atomic E-state index is 0.704. The van der Waals surface area contributed by atoms with Gasteiger partial charge in [-0.25, -0.2) is 0 Å². The highest BCUT2D eigenvalue weighted by Crippen LogP contribution is 2.36. The van der Waals surface area contributed by atoms with Gasteiger partial charge in [0.2, 0.25) is 0 Å². The third-order valence-electron chi connectivity index (χ3n) is 3.14. The second-order valence-electron chi connectivity index (χ2n) is 4.50. The van der Waals surface area contributed by atoms with Gasteiger partial charge in [-0.3, -0.25) is 0 Å². The zero-order valence-corrected chi connectivity index (χ0v) is 10.9. The van der Waals surface area contributed by atoms with Gasteiger partial charge in [-0.05, 0) is 42.9 Å². The molecule has 1 N–H and O–H groups in total. The van der Waals surface area contributed by atoms with Crippen LogP contribution >= 0.6 is 15.9 Å². The minimum atomic E-state index is 0.704. The van der Waals surface area contributed by atoms with E-state index in [1.54, 1.807) is 0 Å². The fraction of sp³-hybridized carbons (Fsp3) is 0.462. The van der Waals surface area contributed by atoms with Crippen LogP contribution in [0.2, 0.25) is 0 Å². The van der Waals surface area contributed by atoms with Crippen LogP contribution in [-0.2, 0) is 0 Å². The van der Waals surface area contributed by atoms with Crippen LogP contribution in [0.25, 0.3) is 0 Å². The van der Waals surface area contributed by atoms with Crippen molar-refractivity contribution in [2.45, 2.75) is 19.8 Å². The molecule has 0 amide bonds. The Kier molecular flexibility index (Phi) is 3.50. The van der Waals surface area contributed by atoms with E-state index in [1.807, 2.05) is 18.2 Å². The van der Waals surface area contributed by atoms with Crippen molar-refractivity contribution in [1.82, 2.24) is 0 Å². The highest BCUT2D eigenvalue weighted by molar-refractivity contribution is 9.10. The van der Waals surface area contributed by atoms with Crippen LogP contribution in [0.4, 0.5) is 5.69 Å². The molecule has 0 spiro atoms. The van der Waals surface area contributed by atoms with Crippen LogP contribution in [0, 0.1) is 23.2 Å². The van der Waals surface area contributed by atoms with Crippen molar-refractivity contribution < 1.29 is 0 Å². The first-order valence-corrected chi connectivity index (χ1v) is 6.43. The summed E-state index contributed by atoms with van der Waals surface area (Å²) in [5.74, 6) is 1.60. The zero-order valence-electron chi connectivity index (χ0n) is 9.33. The fourth-order valence-electron chi connectivity index (χ4n) is 1.87. The number of halogens is 1. The van der Waals surface area contributed by atoms with Crippen LogP contribution in [0.1, 0.15) is 25.3 Å². The van der Waals surface area contributed by atoms with Crippen molar-refractivity contribution in [1.29, 1.82) is 5.26 Å². The highest BCUT2D eigenvalue weighted by Gasteiger charge is 2.27. The van der Waals surface area contributed by atoms with Gasteiger partial charge < -0.3 is 5.32 Å². The lowest BCUT2D eigenvalue weighted by molar-refractivity contribution is 0.536. The highest BCUT2D eigenvalue weighted by atomic mass is 79.9. The molecule has 0 aromatic heterocycles. The molecule has 0 bridgehead atoms. The number of nitriles is 1. The van der Waals surface area contributed by atoms with E-state index in [9.17, 15) is 0 Å². The van der Waals surface area contributed by atoms with Gasteiger partial charge in [0.25, 0.3) is 0 Å². The number of anilines is 1. The molecule has 1 unspecified atom stereocenters. The van der Waals surface area contributed by atoms with Crippen molar-refractivity contribution in [3.63, 3.8) is 0 Å². The van der Waals surface area contributed by atoms with E-state index >= 15 is 0 Å². The lowest BCUT2D eigenvalue weighted by Gasteiger charge is -2.13. The van der Waals surface area contributed by atoms with Crippen LogP contribution in [0.5, 0.6) is 0 Å². The number of benzene rings is 1. The zero-order chi connectivity index (χ0) is 11.5. The molecule has 1 saturated carbocycles. The monoisotopic (exact) mass is 278 g/mol. The summed E-state index contributed by atoms with van der Waals surface area (Å²) in [5.41, 5.74) is 1.65. The van der Waals surface area contributed by atoms with E-state index in [4.69, 9.17) is 5.26 Å². The molecule has 16 heavy (non-hydrogen) atoms. The number of nitrogens with one attached hydrogen (secondary N) is 1. The molecule has 1 fully saturated rings. The molecule has 1 atom stereocenters. The Hall–Kier alpha value is -1.01. The summed E-state index contributed by atoms with van der Waals surface area (Å²) < 4.78 is 0.949. The SMILES string of the molecule is CC(CNc1ccc(Br)cc1C#N)C1CC1. The molecule has 1 aromatic rings. The van der Waals surface area contributed by atoms with E-state index < -0.39 is 0 Å². The average Bonchev–Trinajstić information content (AvgIpc) is 3.10. The van der Waals surface area contributed by atoms with E-state index in [0.29, 0.717) is 11.5 Å². The van der Waals surface area contributed by atoms with Gasteiger partial charge in [0.05, 0.1) is 11.3 Å².